The van der Waals surface area contributed by atoms with Crippen LogP contribution in [0, 0.1) is 13.8 Å². The highest BCUT2D eigenvalue weighted by Gasteiger charge is 2.52. The van der Waals surface area contributed by atoms with Crippen LogP contribution >= 0.6 is 0 Å². The van der Waals surface area contributed by atoms with Gasteiger partial charge < -0.3 is 67.9 Å². The number of carbonyl (C=O) groups excluding carboxylic acids is 4. The minimum absolute atomic E-state index is 0.0896. The average molecular weight is 1450 g/mol. The summed E-state index contributed by atoms with van der Waals surface area (Å²) >= 11 is 0. The Bertz CT molecular complexity index is 5140. The quantitative estimate of drug-likeness (QED) is 0.0316. The number of hydrogen-bond donors (Lipinski definition) is 11. The van der Waals surface area contributed by atoms with Gasteiger partial charge in [0.25, 0.3) is 0 Å². The molecule has 14 N–H and O–H groups in total. The molecule has 4 amide bonds. The smallest absolute Gasteiger partial charge is 0.447 e. The zero-order chi connectivity index (χ0) is 77.4. The number of nitrogens with zero attached hydrogens (tertiary/aromatic N) is 4. The van der Waals surface area contributed by atoms with Crippen LogP contribution in [0.1, 0.15) is 98.1 Å². The number of nitrogens with two attached hydrogens (primary N) is 3. The number of hydrogen-bond acceptors (Lipinski definition) is 17. The summed E-state index contributed by atoms with van der Waals surface area (Å²) in [6.45, 7) is 16.8. The van der Waals surface area contributed by atoms with Gasteiger partial charge in [-0.05, 0) is 186 Å². The molecule has 4 aromatic heterocycles. The molecule has 0 saturated carbocycles. The number of pyridine rings is 4. The van der Waals surface area contributed by atoms with Crippen LogP contribution in [-0.4, -0.2) is 123 Å². The maximum Gasteiger partial charge on any atom is 0.495 e. The first-order valence-electron chi connectivity index (χ1n) is 35.9. The first-order chi connectivity index (χ1) is 51.8. The summed E-state index contributed by atoms with van der Waals surface area (Å²) in [4.78, 5) is 67.7. The molecule has 0 spiro atoms. The van der Waals surface area contributed by atoms with E-state index in [4.69, 9.17) is 26.5 Å². The van der Waals surface area contributed by atoms with Crippen LogP contribution in [0.4, 0.5) is 22.7 Å². The zero-order valence-corrected chi connectivity index (χ0v) is 62.1. The monoisotopic (exact) mass is 1450 g/mol. The summed E-state index contributed by atoms with van der Waals surface area (Å²) in [5.74, 6) is -2.34. The van der Waals surface area contributed by atoms with Crippen LogP contribution < -0.4 is 60.3 Å². The van der Waals surface area contributed by atoms with Crippen molar-refractivity contribution in [3.8, 4) is 0 Å². The van der Waals surface area contributed by atoms with Gasteiger partial charge >= 0.3 is 28.1 Å². The van der Waals surface area contributed by atoms with Crippen LogP contribution in [-0.2, 0) is 28.5 Å². The molecule has 1 aliphatic heterocycles. The lowest BCUT2D eigenvalue weighted by atomic mass is 9.62. The predicted octanol–water partition coefficient (Wildman–Crippen LogP) is 9.35. The van der Waals surface area contributed by atoms with Gasteiger partial charge in [-0.2, -0.15) is 0 Å². The van der Waals surface area contributed by atoms with E-state index in [1.807, 2.05) is 206 Å². The lowest BCUT2D eigenvalue weighted by Gasteiger charge is -2.32. The lowest BCUT2D eigenvalue weighted by Crippen LogP contribution is -2.41. The fraction of sp³-hybridized carbons (Fsp3) is 0.229. The van der Waals surface area contributed by atoms with Gasteiger partial charge in [0.15, 0.2) is 0 Å². The lowest BCUT2D eigenvalue weighted by molar-refractivity contribution is -0.118. The molecule has 108 heavy (non-hydrogen) atoms. The van der Waals surface area contributed by atoms with Gasteiger partial charge in [-0.1, -0.05) is 141 Å². The largest absolute Gasteiger partial charge is 0.495 e. The third-order valence-corrected chi connectivity index (χ3v) is 19.8. The van der Waals surface area contributed by atoms with Crippen molar-refractivity contribution in [1.82, 2.24) is 19.9 Å². The van der Waals surface area contributed by atoms with Crippen molar-refractivity contribution in [3.05, 3.63) is 265 Å². The number of anilines is 4. The number of rotatable bonds is 20. The van der Waals surface area contributed by atoms with Crippen molar-refractivity contribution in [3.63, 3.8) is 0 Å². The fourth-order valence-electron chi connectivity index (χ4n) is 12.7. The van der Waals surface area contributed by atoms with Crippen molar-refractivity contribution in [2.45, 2.75) is 103 Å². The maximum atomic E-state index is 13.1. The Labute approximate surface area is 631 Å². The highest BCUT2D eigenvalue weighted by molar-refractivity contribution is 6.65. The number of benzene rings is 8. The summed E-state index contributed by atoms with van der Waals surface area (Å²) in [6.07, 6.45) is 14.7. The van der Waals surface area contributed by atoms with Crippen LogP contribution in [0.2, 0.25) is 13.6 Å². The molecule has 1 fully saturated rings. The highest BCUT2D eigenvalue weighted by Crippen LogP contribution is 2.37. The molecule has 0 radical (unpaired) electrons. The number of carbonyl (C=O) groups is 4. The minimum atomic E-state index is -1.50. The second-order valence-corrected chi connectivity index (χ2v) is 27.9. The summed E-state index contributed by atoms with van der Waals surface area (Å²) in [6, 6.07) is 56.2. The second kappa shape index (κ2) is 36.2. The summed E-state index contributed by atoms with van der Waals surface area (Å²) in [5.41, 5.74) is 28.0. The van der Waals surface area contributed by atoms with E-state index < -0.39 is 57.0 Å². The van der Waals surface area contributed by atoms with Gasteiger partial charge in [0.05, 0.1) is 34.9 Å². The topological polar surface area (TPSA) is 345 Å². The van der Waals surface area contributed by atoms with E-state index in [9.17, 15) is 39.3 Å². The number of fused-ring (bicyclic) bond motifs is 4. The number of aromatic nitrogens is 4. The summed E-state index contributed by atoms with van der Waals surface area (Å²) in [5, 5.41) is 58.0. The Morgan fingerprint density at radius 3 is 1.14 bits per heavy atom. The average Bonchev–Trinajstić information content (AvgIpc) is 1.61. The zero-order valence-electron chi connectivity index (χ0n) is 62.1. The number of nitrogens with one attached hydrogen (secondary N) is 4. The molecular weight excluding hydrogens is 1350 g/mol. The van der Waals surface area contributed by atoms with E-state index in [-0.39, 0.29) is 49.2 Å². The molecule has 5 heterocycles. The molecule has 25 heteroatoms. The Morgan fingerprint density at radius 2 is 0.778 bits per heavy atom. The van der Waals surface area contributed by atoms with E-state index in [0.29, 0.717) is 17.6 Å². The van der Waals surface area contributed by atoms with Crippen molar-refractivity contribution < 1.29 is 48.6 Å². The predicted molar refractivity (Wildman–Crippen MR) is 438 cm³/mol. The maximum absolute atomic E-state index is 13.1. The molecule has 4 unspecified atom stereocenters. The standard InChI is InChI=1S/C25H30BN3O3.C20H22BN3O2.C19H20BN3O2.C19H19BN2O3/c1-16-6-7-18(13-22(16)26-31-24(2,3)25(4,5)32-26)21(14-27)23(30)29-20-9-8-19-15-28-11-10-17(19)12-20;1-13-3-4-15(10-19(13)21(2)26)18(11-22)20(25)24-17-6-5-16-12-23-8-7-14(16)9-17;1-20(25)16-4-2-3-14(9-16)18(11-21)19(24)23-17-6-5-15-12-22-8-7-13(15)10-17;1-2-18(13-3-6-16(7-4-13)20(24)25)19(23)22-17-8-5-15-12-21-10-9-14(15)11-17/h6-13,15,21H,14,27H2,1-5H3,(H,29,30);3-10,12,18,26H,11,22H2,1-2H3,(H,24,25);2-10,12,18,25H,11,21H2,1H3,(H,23,24);3-12,18,24-25H,2H2,1H3,(H,22,23). The highest BCUT2D eigenvalue weighted by atomic mass is 16.7. The SMILES string of the molecule is CB(O)c1cc(C(CN)C(=O)Nc2ccc3cnccc3c2)ccc1C.CB(O)c1cccc(C(CN)C(=O)Nc2ccc3cnccc3c2)c1.CCC(C(=O)Nc1ccc2cnccc2c1)c1ccc(B(O)O)cc1.Cc1ccc(C(CN)C(=O)Nc2ccc3cnccc3c2)cc1B1OC(C)(C)C(C)(C)O1. The second-order valence-electron chi connectivity index (χ2n) is 27.9. The molecule has 13 rings (SSSR count). The van der Waals surface area contributed by atoms with E-state index in [1.54, 1.807) is 87.5 Å². The Hall–Kier alpha value is -10.8. The molecule has 1 saturated heterocycles. The number of amides is 4. The van der Waals surface area contributed by atoms with Gasteiger partial charge in [-0.25, -0.2) is 0 Å². The summed E-state index contributed by atoms with van der Waals surface area (Å²) < 4.78 is 12.5. The Balaban J connectivity index is 0.000000155. The van der Waals surface area contributed by atoms with Gasteiger partial charge in [-0.15, -0.1) is 0 Å². The van der Waals surface area contributed by atoms with Crippen LogP contribution in [0.25, 0.3) is 43.1 Å². The Kier molecular flexibility index (Phi) is 26.7. The molecule has 12 aromatic rings. The number of aryl methyl sites for hydroxylation is 2. The van der Waals surface area contributed by atoms with Gasteiger partial charge in [-0.3, -0.25) is 39.1 Å². The van der Waals surface area contributed by atoms with Crippen LogP contribution in [0.15, 0.2) is 232 Å². The molecule has 21 nitrogen and oxygen atoms in total. The van der Waals surface area contributed by atoms with E-state index >= 15 is 0 Å². The molecule has 0 bridgehead atoms. The summed E-state index contributed by atoms with van der Waals surface area (Å²) in [7, 11) is -1.99. The van der Waals surface area contributed by atoms with Crippen LogP contribution in [0.3, 0.4) is 0 Å². The van der Waals surface area contributed by atoms with E-state index in [1.165, 1.54) is 0 Å². The fourth-order valence-corrected chi connectivity index (χ4v) is 12.7. The van der Waals surface area contributed by atoms with E-state index in [2.05, 4.69) is 41.2 Å². The molecule has 550 valence electrons. The first-order valence-corrected chi connectivity index (χ1v) is 35.9. The third kappa shape index (κ3) is 19.9. The normalized spacial score (nSPS) is 13.8. The Morgan fingerprint density at radius 1 is 0.417 bits per heavy atom. The van der Waals surface area contributed by atoms with Crippen molar-refractivity contribution >= 4 is 139 Å². The molecular formula is C83H91B4N11O10. The van der Waals surface area contributed by atoms with Crippen molar-refractivity contribution in [2.75, 3.05) is 40.9 Å². The van der Waals surface area contributed by atoms with Crippen molar-refractivity contribution in [1.29, 1.82) is 0 Å². The molecule has 8 aromatic carbocycles. The van der Waals surface area contributed by atoms with Crippen LogP contribution in [0.5, 0.6) is 0 Å². The van der Waals surface area contributed by atoms with E-state index in [0.717, 1.165) is 110 Å². The first kappa shape index (κ1) is 79.7. The molecule has 1 aliphatic rings. The van der Waals surface area contributed by atoms with Gasteiger partial charge in [0.1, 0.15) is 0 Å². The minimum Gasteiger partial charge on any atom is -0.447 e. The molecule has 4 atom stereocenters. The molecule has 0 aliphatic carbocycles. The van der Waals surface area contributed by atoms with Gasteiger partial charge in [0, 0.05) is 114 Å². The van der Waals surface area contributed by atoms with Gasteiger partial charge in [0.2, 0.25) is 23.6 Å². The third-order valence-electron chi connectivity index (χ3n) is 19.8. The van der Waals surface area contributed by atoms with Crippen molar-refractivity contribution in [2.24, 2.45) is 17.2 Å².